The van der Waals surface area contributed by atoms with Crippen molar-refractivity contribution in [1.82, 2.24) is 10.2 Å². The van der Waals surface area contributed by atoms with Crippen LogP contribution in [-0.2, 0) is 4.79 Å². The van der Waals surface area contributed by atoms with E-state index in [9.17, 15) is 4.79 Å². The Morgan fingerprint density at radius 2 is 1.69 bits per heavy atom. The lowest BCUT2D eigenvalue weighted by atomic mass is 9.70. The number of rotatable bonds is 3. The molecule has 0 radical (unpaired) electrons. The molecule has 0 aromatic carbocycles. The molecule has 0 bridgehead atoms. The van der Waals surface area contributed by atoms with Crippen LogP contribution in [0.2, 0.25) is 0 Å². The van der Waals surface area contributed by atoms with Gasteiger partial charge < -0.3 is 15.3 Å². The molecule has 5 heteroatoms. The van der Waals surface area contributed by atoms with Crippen LogP contribution in [0.5, 0.6) is 0 Å². The van der Waals surface area contributed by atoms with Crippen molar-refractivity contribution in [2.45, 2.75) is 80.8 Å². The Kier molecular flexibility index (Phi) is 5.37. The lowest BCUT2D eigenvalue weighted by molar-refractivity contribution is -0.136. The third-order valence-corrected chi connectivity index (χ3v) is 5.10. The highest BCUT2D eigenvalue weighted by atomic mass is 16.4. The smallest absolute Gasteiger partial charge is 0.317 e. The van der Waals surface area contributed by atoms with Gasteiger partial charge >= 0.3 is 5.97 Å². The molecule has 2 unspecified atom stereocenters. The average Bonchev–Trinajstić information content (AvgIpc) is 2.83. The van der Waals surface area contributed by atoms with Crippen LogP contribution < -0.4 is 5.32 Å². The van der Waals surface area contributed by atoms with Crippen molar-refractivity contribution in [3.8, 4) is 0 Å². The Morgan fingerprint density at radius 3 is 2.12 bits per heavy atom. The number of nitrogens with zero attached hydrogens (tertiary/aromatic N) is 2. The summed E-state index contributed by atoms with van der Waals surface area (Å²) in [5.74, 6) is 0.317. The summed E-state index contributed by atoms with van der Waals surface area (Å²) in [7, 11) is 0. The highest BCUT2D eigenvalue weighted by Crippen LogP contribution is 2.47. The first-order valence-corrected chi connectivity index (χ1v) is 9.67. The second-order valence-electron chi connectivity index (χ2n) is 10.9. The number of aliphatic imine (C=N–C) groups is 1. The van der Waals surface area contributed by atoms with Crippen molar-refractivity contribution < 1.29 is 9.90 Å². The summed E-state index contributed by atoms with van der Waals surface area (Å²) >= 11 is 0. The van der Waals surface area contributed by atoms with E-state index in [-0.39, 0.29) is 34.9 Å². The van der Waals surface area contributed by atoms with Gasteiger partial charge in [0.05, 0.1) is 12.6 Å². The summed E-state index contributed by atoms with van der Waals surface area (Å²) in [6.45, 7) is 21.0. The molecule has 2 aliphatic rings. The molecule has 1 fully saturated rings. The zero-order valence-corrected chi connectivity index (χ0v) is 18.0. The van der Waals surface area contributed by atoms with Gasteiger partial charge in [-0.1, -0.05) is 62.3 Å². The van der Waals surface area contributed by atoms with Crippen molar-refractivity contribution >= 4 is 11.8 Å². The van der Waals surface area contributed by atoms with Crippen LogP contribution in [0, 0.1) is 16.2 Å². The largest absolute Gasteiger partial charge is 0.480 e. The minimum absolute atomic E-state index is 0.00132. The molecule has 2 rings (SSSR count). The SMILES string of the molecule is CC(C)(C)C1=NC(C(C)(C)C)C(C(C)(C)C)=C2CC(NCC(=O)O)CN12. The van der Waals surface area contributed by atoms with E-state index in [4.69, 9.17) is 10.1 Å². The van der Waals surface area contributed by atoms with Gasteiger partial charge in [-0.2, -0.15) is 0 Å². The molecule has 5 nitrogen and oxygen atoms in total. The predicted molar refractivity (Wildman–Crippen MR) is 107 cm³/mol. The highest BCUT2D eigenvalue weighted by Gasteiger charge is 2.46. The molecule has 2 atom stereocenters. The Morgan fingerprint density at radius 1 is 1.12 bits per heavy atom. The maximum absolute atomic E-state index is 11.0. The van der Waals surface area contributed by atoms with E-state index in [0.717, 1.165) is 18.8 Å². The van der Waals surface area contributed by atoms with Crippen LogP contribution in [0.3, 0.4) is 0 Å². The van der Waals surface area contributed by atoms with Gasteiger partial charge in [0.15, 0.2) is 0 Å². The lowest BCUT2D eigenvalue weighted by Crippen LogP contribution is -2.47. The standard InChI is InChI=1S/C21H37N3O2/c1-19(2,3)16-14-10-13(22-11-15(25)26)12-24(14)18(21(7,8)9)23-17(16)20(4,5)6/h13,17,22H,10-12H2,1-9H3,(H,25,26). The molecule has 2 heterocycles. The molecule has 0 amide bonds. The molecule has 0 aliphatic carbocycles. The number of carboxylic acid groups (broad SMARTS) is 1. The maximum atomic E-state index is 11.0. The van der Waals surface area contributed by atoms with E-state index in [1.807, 2.05) is 0 Å². The third-order valence-electron chi connectivity index (χ3n) is 5.10. The maximum Gasteiger partial charge on any atom is 0.317 e. The Hall–Kier alpha value is -1.36. The van der Waals surface area contributed by atoms with Gasteiger partial charge in [0.2, 0.25) is 0 Å². The number of amidine groups is 1. The fourth-order valence-corrected chi connectivity index (χ4v) is 4.06. The Balaban J connectivity index is 2.55. The van der Waals surface area contributed by atoms with E-state index >= 15 is 0 Å². The molecule has 1 saturated heterocycles. The van der Waals surface area contributed by atoms with Crippen molar-refractivity contribution in [2.75, 3.05) is 13.1 Å². The first-order chi connectivity index (χ1) is 11.6. The zero-order valence-electron chi connectivity index (χ0n) is 18.0. The van der Waals surface area contributed by atoms with Crippen molar-refractivity contribution in [3.05, 3.63) is 11.3 Å². The first-order valence-electron chi connectivity index (χ1n) is 9.67. The molecule has 0 aromatic rings. The van der Waals surface area contributed by atoms with E-state index in [2.05, 4.69) is 72.5 Å². The van der Waals surface area contributed by atoms with Crippen molar-refractivity contribution in [2.24, 2.45) is 21.2 Å². The Bertz CT molecular complexity index is 627. The van der Waals surface area contributed by atoms with Crippen molar-refractivity contribution in [3.63, 3.8) is 0 Å². The van der Waals surface area contributed by atoms with E-state index in [1.165, 1.54) is 11.3 Å². The van der Waals surface area contributed by atoms with Crippen LogP contribution in [0.15, 0.2) is 16.3 Å². The fourth-order valence-electron chi connectivity index (χ4n) is 4.06. The number of carbonyl (C=O) groups is 1. The van der Waals surface area contributed by atoms with E-state index < -0.39 is 5.97 Å². The predicted octanol–water partition coefficient (Wildman–Crippen LogP) is 3.91. The number of hydrogen-bond acceptors (Lipinski definition) is 4. The van der Waals surface area contributed by atoms with Gasteiger partial charge in [0, 0.05) is 30.1 Å². The number of carboxylic acids is 1. The third kappa shape index (κ3) is 4.30. The van der Waals surface area contributed by atoms with Gasteiger partial charge in [-0.3, -0.25) is 9.79 Å². The lowest BCUT2D eigenvalue weighted by Gasteiger charge is -2.45. The first kappa shape index (κ1) is 20.9. The van der Waals surface area contributed by atoms with Crippen molar-refractivity contribution in [1.29, 1.82) is 0 Å². The highest BCUT2D eigenvalue weighted by molar-refractivity contribution is 5.90. The summed E-state index contributed by atoms with van der Waals surface area (Å²) in [6.07, 6.45) is 0.863. The van der Waals surface area contributed by atoms with Gasteiger partial charge in [-0.25, -0.2) is 0 Å². The number of nitrogens with one attached hydrogen (secondary N) is 1. The van der Waals surface area contributed by atoms with Crippen LogP contribution in [-0.4, -0.2) is 47.0 Å². The number of fused-ring (bicyclic) bond motifs is 1. The molecule has 0 saturated carbocycles. The second kappa shape index (κ2) is 6.66. The molecule has 0 aromatic heterocycles. The van der Waals surface area contributed by atoms with Gasteiger partial charge in [0.1, 0.15) is 5.84 Å². The van der Waals surface area contributed by atoms with E-state index in [1.54, 1.807) is 0 Å². The minimum Gasteiger partial charge on any atom is -0.480 e. The minimum atomic E-state index is -0.808. The molecule has 148 valence electrons. The molecular formula is C21H37N3O2. The van der Waals surface area contributed by atoms with Crippen LogP contribution in [0.25, 0.3) is 0 Å². The van der Waals surface area contributed by atoms with Crippen LogP contribution in [0.1, 0.15) is 68.7 Å². The summed E-state index contributed by atoms with van der Waals surface area (Å²) in [4.78, 5) is 18.6. The second-order valence-corrected chi connectivity index (χ2v) is 10.9. The molecule has 26 heavy (non-hydrogen) atoms. The normalized spacial score (nSPS) is 24.7. The summed E-state index contributed by atoms with van der Waals surface area (Å²) in [5.41, 5.74) is 2.74. The van der Waals surface area contributed by atoms with Crippen LogP contribution in [0.4, 0.5) is 0 Å². The number of hydrogen-bond donors (Lipinski definition) is 2. The zero-order chi connectivity index (χ0) is 20.1. The van der Waals surface area contributed by atoms with Gasteiger partial charge in [0.25, 0.3) is 0 Å². The summed E-state index contributed by atoms with van der Waals surface area (Å²) in [6, 6.07) is 0.283. The number of aliphatic carboxylic acids is 1. The summed E-state index contributed by atoms with van der Waals surface area (Å²) in [5, 5.41) is 12.2. The fraction of sp³-hybridized carbons (Fsp3) is 0.810. The average molecular weight is 364 g/mol. The van der Waals surface area contributed by atoms with E-state index in [0.29, 0.717) is 0 Å². The molecule has 0 spiro atoms. The Labute approximate surface area is 158 Å². The quantitative estimate of drug-likeness (QED) is 0.798. The van der Waals surface area contributed by atoms with Crippen LogP contribution >= 0.6 is 0 Å². The molecule has 2 N–H and O–H groups in total. The molecule has 2 aliphatic heterocycles. The monoisotopic (exact) mass is 363 g/mol. The van der Waals surface area contributed by atoms with Gasteiger partial charge in [-0.15, -0.1) is 0 Å². The van der Waals surface area contributed by atoms with Gasteiger partial charge in [-0.05, 0) is 16.4 Å². The summed E-state index contributed by atoms with van der Waals surface area (Å²) < 4.78 is 0. The molecular weight excluding hydrogens is 326 g/mol. The topological polar surface area (TPSA) is 64.9 Å².